The first kappa shape index (κ1) is 12.5. The van der Waals surface area contributed by atoms with E-state index in [-0.39, 0.29) is 11.3 Å². The Kier molecular flexibility index (Phi) is 3.37. The normalized spacial score (nSPS) is 9.89. The third kappa shape index (κ3) is 3.03. The van der Waals surface area contributed by atoms with Gasteiger partial charge >= 0.3 is 5.97 Å². The van der Waals surface area contributed by atoms with Crippen molar-refractivity contribution in [1.29, 1.82) is 0 Å². The number of nitrogens with one attached hydrogen (secondary N) is 1. The highest BCUT2D eigenvalue weighted by Gasteiger charge is 2.04. The van der Waals surface area contributed by atoms with Crippen molar-refractivity contribution in [3.05, 3.63) is 47.7 Å². The van der Waals surface area contributed by atoms with E-state index >= 15 is 0 Å². The number of carbonyl (C=O) groups excluding carboxylic acids is 1. The van der Waals surface area contributed by atoms with Gasteiger partial charge in [0.1, 0.15) is 0 Å². The van der Waals surface area contributed by atoms with Crippen molar-refractivity contribution in [1.82, 2.24) is 10.2 Å². The minimum atomic E-state index is -0.989. The standard InChI is InChI=1S/C12H10N4O3/c13-11(17)9-5-6-10(16-15-9)14-8-3-1-7(2-4-8)12(18)19/h1-6H,(H2,13,17)(H,14,16)(H,18,19). The van der Waals surface area contributed by atoms with Gasteiger partial charge in [0.25, 0.3) is 5.91 Å². The monoisotopic (exact) mass is 258 g/mol. The number of rotatable bonds is 4. The average Bonchev–Trinajstić information content (AvgIpc) is 2.40. The second-order valence-corrected chi connectivity index (χ2v) is 3.68. The molecule has 0 aliphatic heterocycles. The van der Waals surface area contributed by atoms with Crippen LogP contribution in [0.3, 0.4) is 0 Å². The molecule has 0 saturated heterocycles. The van der Waals surface area contributed by atoms with E-state index in [9.17, 15) is 9.59 Å². The summed E-state index contributed by atoms with van der Waals surface area (Å²) in [5.74, 6) is -1.21. The van der Waals surface area contributed by atoms with Gasteiger partial charge < -0.3 is 16.2 Å². The molecule has 7 nitrogen and oxygen atoms in total. The van der Waals surface area contributed by atoms with Gasteiger partial charge in [0.15, 0.2) is 11.5 Å². The molecular formula is C12H10N4O3. The van der Waals surface area contributed by atoms with Gasteiger partial charge in [-0.2, -0.15) is 0 Å². The minimum Gasteiger partial charge on any atom is -0.478 e. The summed E-state index contributed by atoms with van der Waals surface area (Å²) in [6.07, 6.45) is 0. The summed E-state index contributed by atoms with van der Waals surface area (Å²) in [7, 11) is 0. The molecule has 0 aliphatic carbocycles. The zero-order valence-corrected chi connectivity index (χ0v) is 9.70. The predicted molar refractivity (Wildman–Crippen MR) is 67.2 cm³/mol. The summed E-state index contributed by atoms with van der Waals surface area (Å²) in [5.41, 5.74) is 5.97. The molecule has 1 aromatic heterocycles. The maximum Gasteiger partial charge on any atom is 0.335 e. The molecule has 1 amide bonds. The molecular weight excluding hydrogens is 248 g/mol. The Morgan fingerprint density at radius 1 is 1.05 bits per heavy atom. The lowest BCUT2D eigenvalue weighted by atomic mass is 10.2. The van der Waals surface area contributed by atoms with E-state index < -0.39 is 11.9 Å². The van der Waals surface area contributed by atoms with Gasteiger partial charge in [-0.05, 0) is 36.4 Å². The van der Waals surface area contributed by atoms with Crippen molar-refractivity contribution in [2.45, 2.75) is 0 Å². The van der Waals surface area contributed by atoms with Crippen molar-refractivity contribution in [2.24, 2.45) is 5.73 Å². The molecule has 96 valence electrons. The summed E-state index contributed by atoms with van der Waals surface area (Å²) in [6, 6.07) is 9.15. The second-order valence-electron chi connectivity index (χ2n) is 3.68. The molecule has 19 heavy (non-hydrogen) atoms. The Bertz CT molecular complexity index is 552. The van der Waals surface area contributed by atoms with Crippen LogP contribution in [-0.2, 0) is 0 Å². The van der Waals surface area contributed by atoms with E-state index in [1.54, 1.807) is 18.2 Å². The van der Waals surface area contributed by atoms with Crippen molar-refractivity contribution in [3.8, 4) is 0 Å². The Balaban J connectivity index is 2.12. The van der Waals surface area contributed by atoms with Crippen LogP contribution >= 0.6 is 0 Å². The molecule has 0 saturated carbocycles. The van der Waals surface area contributed by atoms with Gasteiger partial charge in [0, 0.05) is 5.69 Å². The molecule has 2 aromatic rings. The third-order valence-corrected chi connectivity index (χ3v) is 2.32. The molecule has 0 fully saturated rings. The van der Waals surface area contributed by atoms with Gasteiger partial charge in [0.2, 0.25) is 0 Å². The Morgan fingerprint density at radius 2 is 1.74 bits per heavy atom. The summed E-state index contributed by atoms with van der Waals surface area (Å²) >= 11 is 0. The lowest BCUT2D eigenvalue weighted by Gasteiger charge is -2.05. The van der Waals surface area contributed by atoms with Crippen LogP contribution in [0.1, 0.15) is 20.8 Å². The number of hydrogen-bond acceptors (Lipinski definition) is 5. The molecule has 7 heteroatoms. The van der Waals surface area contributed by atoms with Crippen molar-refractivity contribution in [3.63, 3.8) is 0 Å². The number of amides is 1. The van der Waals surface area contributed by atoms with Crippen LogP contribution in [0.5, 0.6) is 0 Å². The smallest absolute Gasteiger partial charge is 0.335 e. The first-order valence-electron chi connectivity index (χ1n) is 5.30. The van der Waals surface area contributed by atoms with E-state index in [2.05, 4.69) is 15.5 Å². The Labute approximate surface area is 108 Å². The van der Waals surface area contributed by atoms with Crippen LogP contribution in [-0.4, -0.2) is 27.2 Å². The number of aromatic nitrogens is 2. The largest absolute Gasteiger partial charge is 0.478 e. The maximum absolute atomic E-state index is 10.8. The first-order chi connectivity index (χ1) is 9.06. The third-order valence-electron chi connectivity index (χ3n) is 2.32. The number of hydrogen-bond donors (Lipinski definition) is 3. The SMILES string of the molecule is NC(=O)c1ccc(Nc2ccc(C(=O)O)cc2)nn1. The molecule has 0 unspecified atom stereocenters. The Morgan fingerprint density at radius 3 is 2.21 bits per heavy atom. The van der Waals surface area contributed by atoms with Crippen LogP contribution < -0.4 is 11.1 Å². The first-order valence-corrected chi connectivity index (χ1v) is 5.30. The number of anilines is 2. The van der Waals surface area contributed by atoms with Gasteiger partial charge in [-0.3, -0.25) is 4.79 Å². The summed E-state index contributed by atoms with van der Waals surface area (Å²) in [5, 5.41) is 19.1. The Hall–Kier alpha value is -2.96. The summed E-state index contributed by atoms with van der Waals surface area (Å²) in [4.78, 5) is 21.5. The van der Waals surface area contributed by atoms with Crippen LogP contribution in [0.25, 0.3) is 0 Å². The second kappa shape index (κ2) is 5.13. The van der Waals surface area contributed by atoms with Crippen molar-refractivity contribution < 1.29 is 14.7 Å². The van der Waals surface area contributed by atoms with Crippen LogP contribution in [0.2, 0.25) is 0 Å². The van der Waals surface area contributed by atoms with Crippen molar-refractivity contribution >= 4 is 23.4 Å². The van der Waals surface area contributed by atoms with Gasteiger partial charge in [-0.15, -0.1) is 10.2 Å². The molecule has 0 bridgehead atoms. The number of aromatic carboxylic acids is 1. The number of carboxylic acid groups (broad SMARTS) is 1. The fourth-order valence-corrected chi connectivity index (χ4v) is 1.37. The fourth-order valence-electron chi connectivity index (χ4n) is 1.37. The quantitative estimate of drug-likeness (QED) is 0.753. The molecule has 0 aliphatic rings. The van der Waals surface area contributed by atoms with E-state index in [0.717, 1.165) is 0 Å². The highest BCUT2D eigenvalue weighted by atomic mass is 16.4. The molecule has 0 atom stereocenters. The van der Waals surface area contributed by atoms with E-state index in [1.165, 1.54) is 18.2 Å². The number of primary amides is 1. The average molecular weight is 258 g/mol. The lowest BCUT2D eigenvalue weighted by Crippen LogP contribution is -2.13. The van der Waals surface area contributed by atoms with E-state index in [1.807, 2.05) is 0 Å². The number of nitrogens with two attached hydrogens (primary N) is 1. The molecule has 1 heterocycles. The summed E-state index contributed by atoms with van der Waals surface area (Å²) < 4.78 is 0. The van der Waals surface area contributed by atoms with E-state index in [0.29, 0.717) is 11.5 Å². The molecule has 0 spiro atoms. The van der Waals surface area contributed by atoms with Crippen LogP contribution in [0, 0.1) is 0 Å². The van der Waals surface area contributed by atoms with Gasteiger partial charge in [-0.1, -0.05) is 0 Å². The topological polar surface area (TPSA) is 118 Å². The highest BCUT2D eigenvalue weighted by molar-refractivity contribution is 5.90. The number of benzene rings is 1. The zero-order chi connectivity index (χ0) is 13.8. The van der Waals surface area contributed by atoms with Crippen molar-refractivity contribution in [2.75, 3.05) is 5.32 Å². The number of carboxylic acids is 1. The highest BCUT2D eigenvalue weighted by Crippen LogP contribution is 2.14. The number of carbonyl (C=O) groups is 2. The zero-order valence-electron chi connectivity index (χ0n) is 9.70. The lowest BCUT2D eigenvalue weighted by molar-refractivity contribution is 0.0696. The molecule has 2 rings (SSSR count). The van der Waals surface area contributed by atoms with Gasteiger partial charge in [-0.25, -0.2) is 4.79 Å². The number of nitrogens with zero attached hydrogens (tertiary/aromatic N) is 2. The van der Waals surface area contributed by atoms with Crippen LogP contribution in [0.15, 0.2) is 36.4 Å². The summed E-state index contributed by atoms with van der Waals surface area (Å²) in [6.45, 7) is 0. The predicted octanol–water partition coefficient (Wildman–Crippen LogP) is 1.02. The van der Waals surface area contributed by atoms with Gasteiger partial charge in [0.05, 0.1) is 5.56 Å². The molecule has 1 aromatic carbocycles. The molecule has 0 radical (unpaired) electrons. The molecule has 4 N–H and O–H groups in total. The minimum absolute atomic E-state index is 0.0757. The maximum atomic E-state index is 10.8. The van der Waals surface area contributed by atoms with E-state index in [4.69, 9.17) is 10.8 Å². The fraction of sp³-hybridized carbons (Fsp3) is 0. The van der Waals surface area contributed by atoms with Crippen LogP contribution in [0.4, 0.5) is 11.5 Å².